The van der Waals surface area contributed by atoms with Crippen LogP contribution < -0.4 is 11.3 Å². The Morgan fingerprint density at radius 1 is 1.55 bits per heavy atom. The van der Waals surface area contributed by atoms with Gasteiger partial charge in [-0.25, -0.2) is 5.84 Å². The van der Waals surface area contributed by atoms with Crippen LogP contribution in [0.1, 0.15) is 19.3 Å². The van der Waals surface area contributed by atoms with Gasteiger partial charge in [0.2, 0.25) is 0 Å². The molecule has 0 spiro atoms. The first-order valence-corrected chi connectivity index (χ1v) is 3.51. The van der Waals surface area contributed by atoms with Crippen LogP contribution in [0.2, 0.25) is 0 Å². The van der Waals surface area contributed by atoms with E-state index in [9.17, 15) is 4.79 Å². The van der Waals surface area contributed by atoms with Gasteiger partial charge in [0.1, 0.15) is 0 Å². The summed E-state index contributed by atoms with van der Waals surface area (Å²) >= 11 is 0. The molecule has 0 saturated heterocycles. The van der Waals surface area contributed by atoms with E-state index in [0.29, 0.717) is 5.92 Å². The first-order chi connectivity index (χ1) is 4.83. The summed E-state index contributed by atoms with van der Waals surface area (Å²) in [5.41, 5.74) is 2.04. The van der Waals surface area contributed by atoms with E-state index >= 15 is 0 Å². The van der Waals surface area contributed by atoms with Crippen molar-refractivity contribution >= 4 is 18.3 Å². The zero-order chi connectivity index (χ0) is 7.40. The lowest BCUT2D eigenvalue weighted by Crippen LogP contribution is -2.28. The molecule has 3 N–H and O–H groups in total. The second-order valence-corrected chi connectivity index (χ2v) is 2.56. The largest absolute Gasteiger partial charge is 0.291 e. The molecule has 0 aliphatic heterocycles. The Morgan fingerprint density at radius 2 is 2.18 bits per heavy atom. The molecule has 1 aliphatic carbocycles. The molecule has 3 nitrogen and oxygen atoms in total. The number of rotatable bonds is 2. The molecule has 4 heteroatoms. The minimum Gasteiger partial charge on any atom is -0.291 e. The highest BCUT2D eigenvalue weighted by atomic mass is 35.5. The van der Waals surface area contributed by atoms with E-state index < -0.39 is 0 Å². The molecule has 0 atom stereocenters. The fraction of sp³-hybridized carbons (Fsp3) is 0.571. The van der Waals surface area contributed by atoms with E-state index in [1.165, 1.54) is 25.3 Å². The first kappa shape index (κ1) is 10.5. The normalized spacial score (nSPS) is 17.2. The monoisotopic (exact) mass is 176 g/mol. The summed E-state index contributed by atoms with van der Waals surface area (Å²) in [6.45, 7) is 0. The summed E-state index contributed by atoms with van der Waals surface area (Å²) in [5, 5.41) is 0. The van der Waals surface area contributed by atoms with Crippen molar-refractivity contribution in [3.8, 4) is 0 Å². The molecule has 0 aromatic carbocycles. The van der Waals surface area contributed by atoms with E-state index in [4.69, 9.17) is 5.84 Å². The lowest BCUT2D eigenvalue weighted by molar-refractivity contribution is -0.116. The van der Waals surface area contributed by atoms with E-state index in [-0.39, 0.29) is 18.3 Å². The zero-order valence-electron chi connectivity index (χ0n) is 6.25. The molecule has 1 saturated carbocycles. The molecule has 0 heterocycles. The van der Waals surface area contributed by atoms with E-state index in [2.05, 4.69) is 0 Å². The molecular formula is C7H13ClN2O. The highest BCUT2D eigenvalue weighted by molar-refractivity contribution is 5.86. The van der Waals surface area contributed by atoms with Crippen molar-refractivity contribution in [1.82, 2.24) is 5.43 Å². The Labute approximate surface area is 72.4 Å². The maximum Gasteiger partial charge on any atom is 0.257 e. The van der Waals surface area contributed by atoms with Gasteiger partial charge in [-0.3, -0.25) is 10.2 Å². The van der Waals surface area contributed by atoms with Crippen LogP contribution in [-0.4, -0.2) is 5.91 Å². The Bertz CT molecular complexity index is 155. The molecule has 0 unspecified atom stereocenters. The van der Waals surface area contributed by atoms with Crippen LogP contribution >= 0.6 is 12.4 Å². The lowest BCUT2D eigenvalue weighted by Gasteiger charge is -2.20. The Morgan fingerprint density at radius 3 is 2.55 bits per heavy atom. The number of carbonyl (C=O) groups is 1. The van der Waals surface area contributed by atoms with Crippen molar-refractivity contribution in [2.24, 2.45) is 11.8 Å². The van der Waals surface area contributed by atoms with Crippen molar-refractivity contribution in [2.45, 2.75) is 19.3 Å². The number of allylic oxidation sites excluding steroid dienone is 1. The predicted molar refractivity (Wildman–Crippen MR) is 46.1 cm³/mol. The quantitative estimate of drug-likeness (QED) is 0.283. The molecule has 0 aromatic rings. The van der Waals surface area contributed by atoms with Gasteiger partial charge in [-0.1, -0.05) is 12.5 Å². The summed E-state index contributed by atoms with van der Waals surface area (Å²) in [5.74, 6) is 5.27. The number of hydrazine groups is 1. The third-order valence-corrected chi connectivity index (χ3v) is 1.81. The SMILES string of the molecule is Cl.NNC(=O)/C=C/C1CCC1. The Kier molecular flexibility index (Phi) is 4.90. The Hall–Kier alpha value is -0.540. The molecule has 0 radical (unpaired) electrons. The first-order valence-electron chi connectivity index (χ1n) is 3.51. The van der Waals surface area contributed by atoms with Crippen molar-refractivity contribution in [1.29, 1.82) is 0 Å². The summed E-state index contributed by atoms with van der Waals surface area (Å²) in [4.78, 5) is 10.5. The number of nitrogens with one attached hydrogen (secondary N) is 1. The van der Waals surface area contributed by atoms with E-state index in [1.54, 1.807) is 0 Å². The molecule has 1 amide bonds. The predicted octanol–water partition coefficient (Wildman–Crippen LogP) is 0.754. The van der Waals surface area contributed by atoms with Gasteiger partial charge in [0, 0.05) is 6.08 Å². The third kappa shape index (κ3) is 3.39. The van der Waals surface area contributed by atoms with Gasteiger partial charge < -0.3 is 0 Å². The van der Waals surface area contributed by atoms with Gasteiger partial charge in [-0.05, 0) is 18.8 Å². The highest BCUT2D eigenvalue weighted by Gasteiger charge is 2.13. The van der Waals surface area contributed by atoms with E-state index in [0.717, 1.165) is 0 Å². The minimum absolute atomic E-state index is 0. The summed E-state index contributed by atoms with van der Waals surface area (Å²) < 4.78 is 0. The smallest absolute Gasteiger partial charge is 0.257 e. The lowest BCUT2D eigenvalue weighted by atomic mass is 9.85. The number of carbonyl (C=O) groups excluding carboxylic acids is 1. The minimum atomic E-state index is -0.216. The molecule has 1 rings (SSSR count). The van der Waals surface area contributed by atoms with Gasteiger partial charge in [-0.2, -0.15) is 0 Å². The maximum atomic E-state index is 10.5. The standard InChI is InChI=1S/C7H12N2O.ClH/c8-9-7(10)5-4-6-2-1-3-6;/h4-6H,1-3,8H2,(H,9,10);1H/b5-4+;. The van der Waals surface area contributed by atoms with Gasteiger partial charge >= 0.3 is 0 Å². The fourth-order valence-corrected chi connectivity index (χ4v) is 0.904. The summed E-state index contributed by atoms with van der Waals surface area (Å²) in [6.07, 6.45) is 7.15. The van der Waals surface area contributed by atoms with Crippen LogP contribution in [0, 0.1) is 5.92 Å². The number of hydrogen-bond donors (Lipinski definition) is 2. The molecule has 0 bridgehead atoms. The van der Waals surface area contributed by atoms with Crippen LogP contribution in [0.5, 0.6) is 0 Å². The number of hydrogen-bond acceptors (Lipinski definition) is 2. The second kappa shape index (κ2) is 5.16. The summed E-state index contributed by atoms with van der Waals surface area (Å²) in [6, 6.07) is 0. The fourth-order valence-electron chi connectivity index (χ4n) is 0.904. The Balaban J connectivity index is 0.000001000. The van der Waals surface area contributed by atoms with E-state index in [1.807, 2.05) is 11.5 Å². The number of nitrogens with two attached hydrogens (primary N) is 1. The zero-order valence-corrected chi connectivity index (χ0v) is 7.06. The van der Waals surface area contributed by atoms with Crippen LogP contribution in [0.15, 0.2) is 12.2 Å². The number of halogens is 1. The van der Waals surface area contributed by atoms with Crippen molar-refractivity contribution in [2.75, 3.05) is 0 Å². The third-order valence-electron chi connectivity index (χ3n) is 1.81. The van der Waals surface area contributed by atoms with Crippen LogP contribution in [0.25, 0.3) is 0 Å². The molecule has 11 heavy (non-hydrogen) atoms. The molecule has 64 valence electrons. The van der Waals surface area contributed by atoms with Crippen molar-refractivity contribution < 1.29 is 4.79 Å². The van der Waals surface area contributed by atoms with Crippen molar-refractivity contribution in [3.05, 3.63) is 12.2 Å². The average molecular weight is 177 g/mol. The van der Waals surface area contributed by atoms with Gasteiger partial charge in [-0.15, -0.1) is 12.4 Å². The summed E-state index contributed by atoms with van der Waals surface area (Å²) in [7, 11) is 0. The van der Waals surface area contributed by atoms with Gasteiger partial charge in [0.05, 0.1) is 0 Å². The van der Waals surface area contributed by atoms with Crippen LogP contribution in [-0.2, 0) is 4.79 Å². The van der Waals surface area contributed by atoms with Gasteiger partial charge in [0.25, 0.3) is 5.91 Å². The maximum absolute atomic E-state index is 10.5. The molecular weight excluding hydrogens is 164 g/mol. The highest BCUT2D eigenvalue weighted by Crippen LogP contribution is 2.26. The number of amides is 1. The average Bonchev–Trinajstić information content (AvgIpc) is 1.84. The van der Waals surface area contributed by atoms with Crippen LogP contribution in [0.3, 0.4) is 0 Å². The van der Waals surface area contributed by atoms with Crippen molar-refractivity contribution in [3.63, 3.8) is 0 Å². The van der Waals surface area contributed by atoms with Crippen LogP contribution in [0.4, 0.5) is 0 Å². The molecule has 1 aliphatic rings. The topological polar surface area (TPSA) is 55.1 Å². The van der Waals surface area contributed by atoms with Gasteiger partial charge in [0.15, 0.2) is 0 Å². The molecule has 0 aromatic heterocycles. The molecule has 1 fully saturated rings. The second-order valence-electron chi connectivity index (χ2n) is 2.56.